The van der Waals surface area contributed by atoms with E-state index in [1.54, 1.807) is 0 Å². The first-order chi connectivity index (χ1) is 7.26. The number of nitrogens with one attached hydrogen (secondary N) is 1. The van der Waals surface area contributed by atoms with Gasteiger partial charge in [-0.05, 0) is 6.42 Å². The molecule has 1 aromatic heterocycles. The Morgan fingerprint density at radius 3 is 3.13 bits per heavy atom. The van der Waals surface area contributed by atoms with E-state index in [9.17, 15) is 4.79 Å². The Morgan fingerprint density at radius 2 is 2.47 bits per heavy atom. The van der Waals surface area contributed by atoms with Crippen molar-refractivity contribution in [3.8, 4) is 0 Å². The van der Waals surface area contributed by atoms with Gasteiger partial charge in [0.15, 0.2) is 0 Å². The zero-order valence-corrected chi connectivity index (χ0v) is 8.73. The molecule has 82 valence electrons. The maximum atomic E-state index is 11.4. The number of fused-ring (bicyclic) bond motifs is 1. The van der Waals surface area contributed by atoms with E-state index in [1.165, 1.54) is 0 Å². The number of carbonyl (C=O) groups is 1. The van der Waals surface area contributed by atoms with Crippen LogP contribution in [0.4, 0.5) is 0 Å². The first-order valence-corrected chi connectivity index (χ1v) is 5.17. The van der Waals surface area contributed by atoms with Gasteiger partial charge in [-0.15, -0.1) is 10.2 Å². The van der Waals surface area contributed by atoms with Crippen LogP contribution < -0.4 is 11.3 Å². The number of amides is 1. The highest BCUT2D eigenvalue weighted by Gasteiger charge is 2.26. The van der Waals surface area contributed by atoms with Crippen molar-refractivity contribution in [1.29, 1.82) is 0 Å². The number of nitrogens with zero attached hydrogens (tertiary/aromatic N) is 3. The van der Waals surface area contributed by atoms with Gasteiger partial charge in [0.1, 0.15) is 11.6 Å². The summed E-state index contributed by atoms with van der Waals surface area (Å²) in [6.45, 7) is 2.68. The summed E-state index contributed by atoms with van der Waals surface area (Å²) in [5.74, 6) is 6.90. The molecule has 1 aliphatic heterocycles. The number of aryl methyl sites for hydroxylation is 2. The van der Waals surface area contributed by atoms with Crippen LogP contribution in [0.5, 0.6) is 0 Å². The summed E-state index contributed by atoms with van der Waals surface area (Å²) in [4.78, 5) is 11.4. The average Bonchev–Trinajstić information content (AvgIpc) is 2.69. The van der Waals surface area contributed by atoms with E-state index in [4.69, 9.17) is 5.84 Å². The molecule has 2 rings (SSSR count). The number of aromatic nitrogens is 3. The van der Waals surface area contributed by atoms with Gasteiger partial charge in [0.25, 0.3) is 0 Å². The summed E-state index contributed by atoms with van der Waals surface area (Å²) in [5, 5.41) is 8.18. The molecule has 6 nitrogen and oxygen atoms in total. The fraction of sp³-hybridized carbons (Fsp3) is 0.667. The van der Waals surface area contributed by atoms with Gasteiger partial charge in [0, 0.05) is 19.4 Å². The highest BCUT2D eigenvalue weighted by Crippen LogP contribution is 2.20. The summed E-state index contributed by atoms with van der Waals surface area (Å²) in [6.07, 6.45) is 2.43. The van der Waals surface area contributed by atoms with E-state index in [1.807, 2.05) is 11.5 Å². The number of hydrazine groups is 1. The third-order valence-corrected chi connectivity index (χ3v) is 2.85. The van der Waals surface area contributed by atoms with Gasteiger partial charge in [-0.2, -0.15) is 0 Å². The monoisotopic (exact) mass is 209 g/mol. The second-order valence-corrected chi connectivity index (χ2v) is 3.74. The maximum absolute atomic E-state index is 11.4. The lowest BCUT2D eigenvalue weighted by Gasteiger charge is -2.22. The lowest BCUT2D eigenvalue weighted by molar-refractivity contribution is -0.126. The predicted molar refractivity (Wildman–Crippen MR) is 53.5 cm³/mol. The highest BCUT2D eigenvalue weighted by atomic mass is 16.2. The molecule has 3 N–H and O–H groups in total. The Balaban J connectivity index is 2.20. The zero-order chi connectivity index (χ0) is 10.8. The average molecular weight is 209 g/mol. The van der Waals surface area contributed by atoms with E-state index >= 15 is 0 Å². The Labute approximate surface area is 87.8 Å². The topological polar surface area (TPSA) is 85.8 Å². The molecular formula is C9H15N5O. The highest BCUT2D eigenvalue weighted by molar-refractivity contribution is 5.78. The fourth-order valence-electron chi connectivity index (χ4n) is 1.98. The summed E-state index contributed by atoms with van der Waals surface area (Å²) in [6, 6.07) is 0. The van der Waals surface area contributed by atoms with Gasteiger partial charge in [-0.3, -0.25) is 10.2 Å². The molecule has 0 fully saturated rings. The molecule has 0 aromatic carbocycles. The van der Waals surface area contributed by atoms with E-state index in [0.29, 0.717) is 6.54 Å². The molecule has 0 aliphatic carbocycles. The SMILES string of the molecule is CCc1nnc2n1C[C@@H](C(=O)NN)CC2. The van der Waals surface area contributed by atoms with E-state index < -0.39 is 0 Å². The van der Waals surface area contributed by atoms with Crippen molar-refractivity contribution in [3.05, 3.63) is 11.6 Å². The minimum atomic E-state index is -0.101. The molecule has 6 heteroatoms. The Morgan fingerprint density at radius 1 is 1.67 bits per heavy atom. The largest absolute Gasteiger partial charge is 0.314 e. The molecular weight excluding hydrogens is 194 g/mol. The third kappa shape index (κ3) is 1.72. The summed E-state index contributed by atoms with van der Waals surface area (Å²) >= 11 is 0. The lowest BCUT2D eigenvalue weighted by atomic mass is 9.98. The molecule has 2 heterocycles. The van der Waals surface area contributed by atoms with Gasteiger partial charge in [-0.25, -0.2) is 5.84 Å². The van der Waals surface area contributed by atoms with Crippen LogP contribution in [0.15, 0.2) is 0 Å². The van der Waals surface area contributed by atoms with E-state index in [2.05, 4.69) is 15.6 Å². The number of rotatable bonds is 2. The quantitative estimate of drug-likeness (QED) is 0.386. The molecule has 0 saturated heterocycles. The fourth-order valence-corrected chi connectivity index (χ4v) is 1.98. The Hall–Kier alpha value is -1.43. The van der Waals surface area contributed by atoms with Crippen molar-refractivity contribution in [2.75, 3.05) is 0 Å². The molecule has 0 spiro atoms. The molecule has 0 radical (unpaired) electrons. The number of nitrogens with two attached hydrogens (primary N) is 1. The van der Waals surface area contributed by atoms with Crippen molar-refractivity contribution in [3.63, 3.8) is 0 Å². The second kappa shape index (κ2) is 3.98. The Kier molecular flexibility index (Phi) is 2.68. The van der Waals surface area contributed by atoms with E-state index in [0.717, 1.165) is 30.9 Å². The molecule has 1 atom stereocenters. The van der Waals surface area contributed by atoms with Crippen LogP contribution in [0.3, 0.4) is 0 Å². The Bertz CT molecular complexity index is 359. The zero-order valence-electron chi connectivity index (χ0n) is 8.73. The number of hydrogen-bond acceptors (Lipinski definition) is 4. The van der Waals surface area contributed by atoms with Gasteiger partial charge in [-0.1, -0.05) is 6.92 Å². The van der Waals surface area contributed by atoms with Gasteiger partial charge in [0.05, 0.1) is 5.92 Å². The normalized spacial score (nSPS) is 19.7. The van der Waals surface area contributed by atoms with Crippen LogP contribution in [0.1, 0.15) is 25.0 Å². The lowest BCUT2D eigenvalue weighted by Crippen LogP contribution is -2.39. The third-order valence-electron chi connectivity index (χ3n) is 2.85. The molecule has 1 amide bonds. The molecule has 1 aromatic rings. The number of carbonyl (C=O) groups excluding carboxylic acids is 1. The first kappa shape index (κ1) is 10.1. The molecule has 0 unspecified atom stereocenters. The minimum absolute atomic E-state index is 0.0520. The van der Waals surface area contributed by atoms with Crippen LogP contribution in [-0.4, -0.2) is 20.7 Å². The standard InChI is InChI=1S/C9H15N5O/c1-2-7-12-13-8-4-3-6(5-14(7)8)9(15)11-10/h6H,2-5,10H2,1H3,(H,11,15)/t6-/m0/s1. The van der Waals surface area contributed by atoms with Crippen LogP contribution in [0.25, 0.3) is 0 Å². The summed E-state index contributed by atoms with van der Waals surface area (Å²) in [5.41, 5.74) is 2.20. The van der Waals surface area contributed by atoms with E-state index in [-0.39, 0.29) is 11.8 Å². The van der Waals surface area contributed by atoms with Gasteiger partial charge >= 0.3 is 0 Å². The van der Waals surface area contributed by atoms with Crippen LogP contribution in [0.2, 0.25) is 0 Å². The van der Waals surface area contributed by atoms with Gasteiger partial charge in [0.2, 0.25) is 5.91 Å². The van der Waals surface area contributed by atoms with Crippen molar-refractivity contribution in [2.45, 2.75) is 32.7 Å². The van der Waals surface area contributed by atoms with Crippen LogP contribution in [0, 0.1) is 5.92 Å². The molecule has 0 saturated carbocycles. The van der Waals surface area contributed by atoms with Gasteiger partial charge < -0.3 is 4.57 Å². The van der Waals surface area contributed by atoms with Crippen molar-refractivity contribution >= 4 is 5.91 Å². The smallest absolute Gasteiger partial charge is 0.238 e. The van der Waals surface area contributed by atoms with Crippen molar-refractivity contribution < 1.29 is 4.79 Å². The summed E-state index contributed by atoms with van der Waals surface area (Å²) < 4.78 is 2.03. The van der Waals surface area contributed by atoms with Crippen LogP contribution in [-0.2, 0) is 24.2 Å². The van der Waals surface area contributed by atoms with Crippen molar-refractivity contribution in [1.82, 2.24) is 20.2 Å². The van der Waals surface area contributed by atoms with Crippen molar-refractivity contribution in [2.24, 2.45) is 11.8 Å². The molecule has 1 aliphatic rings. The maximum Gasteiger partial charge on any atom is 0.238 e. The first-order valence-electron chi connectivity index (χ1n) is 5.17. The molecule has 0 bridgehead atoms. The predicted octanol–water partition coefficient (Wildman–Crippen LogP) is -0.607. The molecule has 15 heavy (non-hydrogen) atoms. The summed E-state index contributed by atoms with van der Waals surface area (Å²) in [7, 11) is 0. The number of hydrogen-bond donors (Lipinski definition) is 2. The van der Waals surface area contributed by atoms with Crippen LogP contribution >= 0.6 is 0 Å². The second-order valence-electron chi connectivity index (χ2n) is 3.74. The minimum Gasteiger partial charge on any atom is -0.314 e.